The lowest BCUT2D eigenvalue weighted by molar-refractivity contribution is 0.0946. The molecule has 1 aliphatic rings. The minimum Gasteiger partial charge on any atom is -0.347 e. The second kappa shape index (κ2) is 4.62. The number of benzene rings is 1. The zero-order valence-corrected chi connectivity index (χ0v) is 9.86. The summed E-state index contributed by atoms with van der Waals surface area (Å²) in [6.45, 7) is 2.39. The normalized spacial score (nSPS) is 13.3. The molecule has 0 saturated heterocycles. The van der Waals surface area contributed by atoms with Gasteiger partial charge >= 0.3 is 0 Å². The molecule has 2 aromatic rings. The Hall–Kier alpha value is -2.14. The Labute approximate surface area is 105 Å². The minimum absolute atomic E-state index is 0.133. The predicted octanol–water partition coefficient (Wildman–Crippen LogP) is 0.943. The third-order valence-corrected chi connectivity index (χ3v) is 3.10. The number of aromatic amines is 1. The van der Waals surface area contributed by atoms with Gasteiger partial charge in [0.2, 0.25) is 0 Å². The number of nitrogens with zero attached hydrogens (tertiary/aromatic N) is 1. The topological polar surface area (TPSA) is 69.8 Å². The van der Waals surface area contributed by atoms with E-state index in [1.54, 1.807) is 0 Å². The largest absolute Gasteiger partial charge is 0.347 e. The Bertz CT molecular complexity index is 562. The molecule has 2 heterocycles. The van der Waals surface area contributed by atoms with Gasteiger partial charge in [0.25, 0.3) is 5.91 Å². The highest BCUT2D eigenvalue weighted by atomic mass is 16.1. The maximum absolute atomic E-state index is 11.7. The van der Waals surface area contributed by atoms with Gasteiger partial charge in [-0.15, -0.1) is 0 Å². The van der Waals surface area contributed by atoms with Crippen LogP contribution in [0.2, 0.25) is 0 Å². The van der Waals surface area contributed by atoms with Crippen molar-refractivity contribution in [1.82, 2.24) is 20.6 Å². The van der Waals surface area contributed by atoms with Crippen LogP contribution in [-0.2, 0) is 19.6 Å². The molecule has 0 fully saturated rings. The molecule has 0 radical (unpaired) electrons. The van der Waals surface area contributed by atoms with E-state index in [1.807, 2.05) is 0 Å². The number of fused-ring (bicyclic) bond motifs is 1. The first kappa shape index (κ1) is 11.0. The molecule has 5 heteroatoms. The Morgan fingerprint density at radius 3 is 3.06 bits per heavy atom. The van der Waals surface area contributed by atoms with Gasteiger partial charge in [-0.3, -0.25) is 4.79 Å². The molecule has 3 N–H and O–H groups in total. The Morgan fingerprint density at radius 2 is 2.22 bits per heavy atom. The molecular formula is C13H14N4O. The van der Waals surface area contributed by atoms with Crippen molar-refractivity contribution < 1.29 is 4.79 Å². The summed E-state index contributed by atoms with van der Waals surface area (Å²) in [6, 6.07) is 6.31. The third kappa shape index (κ3) is 2.12. The van der Waals surface area contributed by atoms with E-state index in [4.69, 9.17) is 0 Å². The molecule has 18 heavy (non-hydrogen) atoms. The summed E-state index contributed by atoms with van der Waals surface area (Å²) in [4.78, 5) is 18.3. The highest BCUT2D eigenvalue weighted by Gasteiger charge is 2.11. The van der Waals surface area contributed by atoms with Crippen molar-refractivity contribution >= 4 is 5.91 Å². The van der Waals surface area contributed by atoms with Crippen molar-refractivity contribution in [1.29, 1.82) is 0 Å². The number of imidazole rings is 1. The summed E-state index contributed by atoms with van der Waals surface area (Å²) in [7, 11) is 0. The molecule has 0 bridgehead atoms. The van der Waals surface area contributed by atoms with Gasteiger partial charge in [0.1, 0.15) is 5.69 Å². The fourth-order valence-electron chi connectivity index (χ4n) is 2.12. The minimum atomic E-state index is -0.133. The molecular weight excluding hydrogens is 228 g/mol. The average Bonchev–Trinajstić information content (AvgIpc) is 3.05. The molecule has 0 saturated carbocycles. The maximum atomic E-state index is 11.7. The molecule has 0 unspecified atom stereocenters. The van der Waals surface area contributed by atoms with Crippen LogP contribution in [0.1, 0.15) is 27.2 Å². The fourth-order valence-corrected chi connectivity index (χ4v) is 2.12. The molecule has 5 nitrogen and oxygen atoms in total. The lowest BCUT2D eigenvalue weighted by Gasteiger charge is -2.06. The number of aromatic nitrogens is 2. The van der Waals surface area contributed by atoms with Gasteiger partial charge in [-0.05, 0) is 16.7 Å². The standard InChI is InChI=1S/C13H14N4O/c18-13(12-7-15-8-17-12)16-4-9-1-2-10-5-14-6-11(10)3-9/h1-3,7-8,14H,4-6H2,(H,15,17)(H,16,18). The lowest BCUT2D eigenvalue weighted by Crippen LogP contribution is -2.23. The molecule has 1 aromatic heterocycles. The molecule has 1 aliphatic heterocycles. The summed E-state index contributed by atoms with van der Waals surface area (Å²) in [5, 5.41) is 6.16. The number of hydrogen-bond donors (Lipinski definition) is 3. The molecule has 92 valence electrons. The smallest absolute Gasteiger partial charge is 0.269 e. The Balaban J connectivity index is 1.65. The summed E-state index contributed by atoms with van der Waals surface area (Å²) in [5.41, 5.74) is 4.27. The van der Waals surface area contributed by atoms with Gasteiger partial charge in [0.05, 0.1) is 12.5 Å². The average molecular weight is 242 g/mol. The molecule has 1 aromatic carbocycles. The van der Waals surface area contributed by atoms with E-state index in [0.717, 1.165) is 18.7 Å². The number of carbonyl (C=O) groups excluding carboxylic acids is 1. The van der Waals surface area contributed by atoms with Crippen molar-refractivity contribution in [2.24, 2.45) is 0 Å². The van der Waals surface area contributed by atoms with E-state index < -0.39 is 0 Å². The fraction of sp³-hybridized carbons (Fsp3) is 0.231. The van der Waals surface area contributed by atoms with E-state index in [0.29, 0.717) is 12.2 Å². The van der Waals surface area contributed by atoms with Crippen LogP contribution in [0.5, 0.6) is 0 Å². The Morgan fingerprint density at radius 1 is 1.33 bits per heavy atom. The van der Waals surface area contributed by atoms with E-state index >= 15 is 0 Å². The summed E-state index contributed by atoms with van der Waals surface area (Å²) < 4.78 is 0. The molecule has 0 aliphatic carbocycles. The van der Waals surface area contributed by atoms with Crippen molar-refractivity contribution in [2.75, 3.05) is 0 Å². The van der Waals surface area contributed by atoms with Gasteiger partial charge in [-0.1, -0.05) is 18.2 Å². The first-order chi connectivity index (χ1) is 8.83. The van der Waals surface area contributed by atoms with E-state index in [1.165, 1.54) is 23.7 Å². The summed E-state index contributed by atoms with van der Waals surface area (Å²) in [5.74, 6) is -0.133. The molecule has 0 atom stereocenters. The van der Waals surface area contributed by atoms with E-state index in [9.17, 15) is 4.79 Å². The monoisotopic (exact) mass is 242 g/mol. The second-order valence-electron chi connectivity index (χ2n) is 4.35. The molecule has 1 amide bonds. The van der Waals surface area contributed by atoms with Gasteiger partial charge in [0, 0.05) is 19.6 Å². The highest BCUT2D eigenvalue weighted by molar-refractivity contribution is 5.91. The highest BCUT2D eigenvalue weighted by Crippen LogP contribution is 2.16. The predicted molar refractivity (Wildman–Crippen MR) is 66.7 cm³/mol. The number of rotatable bonds is 3. The third-order valence-electron chi connectivity index (χ3n) is 3.10. The maximum Gasteiger partial charge on any atom is 0.269 e. The van der Waals surface area contributed by atoms with Crippen LogP contribution >= 0.6 is 0 Å². The first-order valence-electron chi connectivity index (χ1n) is 5.91. The Kier molecular flexibility index (Phi) is 2.82. The zero-order valence-electron chi connectivity index (χ0n) is 9.86. The quantitative estimate of drug-likeness (QED) is 0.750. The van der Waals surface area contributed by atoms with E-state index in [-0.39, 0.29) is 5.91 Å². The lowest BCUT2D eigenvalue weighted by atomic mass is 10.1. The molecule has 0 spiro atoms. The van der Waals surface area contributed by atoms with Crippen LogP contribution in [0.4, 0.5) is 0 Å². The van der Waals surface area contributed by atoms with Crippen LogP contribution in [0, 0.1) is 0 Å². The van der Waals surface area contributed by atoms with E-state index in [2.05, 4.69) is 38.8 Å². The van der Waals surface area contributed by atoms with Crippen molar-refractivity contribution in [3.8, 4) is 0 Å². The summed E-state index contributed by atoms with van der Waals surface area (Å²) in [6.07, 6.45) is 3.01. The number of amides is 1. The number of carbonyl (C=O) groups is 1. The number of hydrogen-bond acceptors (Lipinski definition) is 3. The number of nitrogens with one attached hydrogen (secondary N) is 3. The van der Waals surface area contributed by atoms with Gasteiger partial charge in [0.15, 0.2) is 0 Å². The second-order valence-corrected chi connectivity index (χ2v) is 4.35. The van der Waals surface area contributed by atoms with Crippen molar-refractivity contribution in [3.63, 3.8) is 0 Å². The van der Waals surface area contributed by atoms with Crippen LogP contribution in [-0.4, -0.2) is 15.9 Å². The van der Waals surface area contributed by atoms with Gasteiger partial charge < -0.3 is 15.6 Å². The van der Waals surface area contributed by atoms with Crippen LogP contribution in [0.15, 0.2) is 30.7 Å². The van der Waals surface area contributed by atoms with Crippen LogP contribution < -0.4 is 10.6 Å². The first-order valence-corrected chi connectivity index (χ1v) is 5.91. The van der Waals surface area contributed by atoms with Gasteiger partial charge in [-0.25, -0.2) is 4.98 Å². The van der Waals surface area contributed by atoms with Crippen LogP contribution in [0.3, 0.4) is 0 Å². The van der Waals surface area contributed by atoms with Crippen LogP contribution in [0.25, 0.3) is 0 Å². The van der Waals surface area contributed by atoms with Gasteiger partial charge in [-0.2, -0.15) is 0 Å². The van der Waals surface area contributed by atoms with Crippen molar-refractivity contribution in [2.45, 2.75) is 19.6 Å². The molecule has 3 rings (SSSR count). The SMILES string of the molecule is O=C(NCc1ccc2c(c1)CNC2)c1cnc[nH]1. The van der Waals surface area contributed by atoms with Crippen molar-refractivity contribution in [3.05, 3.63) is 53.1 Å². The number of H-pyrrole nitrogens is 1. The zero-order chi connectivity index (χ0) is 12.4. The summed E-state index contributed by atoms with van der Waals surface area (Å²) >= 11 is 0.